The van der Waals surface area contributed by atoms with Gasteiger partial charge in [-0.05, 0) is 43.3 Å². The Labute approximate surface area is 180 Å². The number of aromatic nitrogens is 2. The minimum absolute atomic E-state index is 0.205. The Morgan fingerprint density at radius 1 is 1.00 bits per heavy atom. The molecule has 0 saturated heterocycles. The normalized spacial score (nSPS) is 10.4. The van der Waals surface area contributed by atoms with E-state index in [2.05, 4.69) is 10.4 Å². The molecule has 1 aromatic heterocycles. The Balaban J connectivity index is 1.63. The van der Waals surface area contributed by atoms with Crippen molar-refractivity contribution >= 4 is 5.91 Å². The Hall–Kier alpha value is -3.81. The summed E-state index contributed by atoms with van der Waals surface area (Å²) in [5, 5.41) is 7.06. The standard InChI is InChI=1S/C23H25N3O5/c1-16-4-6-17(7-5-16)31-13-12-24-22(27)15-26-23(28)11-9-20(25-26)19-14-18(29-2)8-10-21(19)30-3/h4-11,14H,12-13,15H2,1-3H3,(H,24,27). The fourth-order valence-corrected chi connectivity index (χ4v) is 2.91. The number of aryl methyl sites for hydroxylation is 1. The first-order valence-electron chi connectivity index (χ1n) is 9.77. The highest BCUT2D eigenvalue weighted by atomic mass is 16.5. The fraction of sp³-hybridized carbons (Fsp3) is 0.261. The molecule has 0 radical (unpaired) electrons. The molecule has 2 aromatic carbocycles. The summed E-state index contributed by atoms with van der Waals surface area (Å²) in [5.74, 6) is 1.60. The van der Waals surface area contributed by atoms with Gasteiger partial charge >= 0.3 is 0 Å². The van der Waals surface area contributed by atoms with Crippen molar-refractivity contribution < 1.29 is 19.0 Å². The van der Waals surface area contributed by atoms with Gasteiger partial charge in [0.25, 0.3) is 5.56 Å². The van der Waals surface area contributed by atoms with E-state index in [4.69, 9.17) is 14.2 Å². The van der Waals surface area contributed by atoms with Crippen LogP contribution >= 0.6 is 0 Å². The summed E-state index contributed by atoms with van der Waals surface area (Å²) < 4.78 is 17.3. The first-order chi connectivity index (χ1) is 15.0. The average Bonchev–Trinajstić information content (AvgIpc) is 2.79. The van der Waals surface area contributed by atoms with E-state index >= 15 is 0 Å². The Morgan fingerprint density at radius 2 is 1.74 bits per heavy atom. The Kier molecular flexibility index (Phi) is 7.26. The molecule has 1 N–H and O–H groups in total. The van der Waals surface area contributed by atoms with Gasteiger partial charge in [0.2, 0.25) is 5.91 Å². The number of rotatable bonds is 9. The zero-order valence-electron chi connectivity index (χ0n) is 17.8. The third kappa shape index (κ3) is 5.85. The van der Waals surface area contributed by atoms with Crippen LogP contribution in [0.5, 0.6) is 17.2 Å². The summed E-state index contributed by atoms with van der Waals surface area (Å²) in [6.07, 6.45) is 0. The number of methoxy groups -OCH3 is 2. The van der Waals surface area contributed by atoms with Crippen molar-refractivity contribution in [3.05, 3.63) is 70.5 Å². The summed E-state index contributed by atoms with van der Waals surface area (Å²) in [4.78, 5) is 24.5. The van der Waals surface area contributed by atoms with E-state index in [-0.39, 0.29) is 18.0 Å². The third-order valence-corrected chi connectivity index (χ3v) is 4.56. The number of hydrogen-bond donors (Lipinski definition) is 1. The summed E-state index contributed by atoms with van der Waals surface area (Å²) in [6, 6.07) is 15.9. The lowest BCUT2D eigenvalue weighted by Crippen LogP contribution is -2.35. The van der Waals surface area contributed by atoms with Crippen LogP contribution in [0.2, 0.25) is 0 Å². The summed E-state index contributed by atoms with van der Waals surface area (Å²) >= 11 is 0. The number of carbonyl (C=O) groups is 1. The molecule has 1 heterocycles. The third-order valence-electron chi connectivity index (χ3n) is 4.56. The van der Waals surface area contributed by atoms with Crippen molar-refractivity contribution in [1.29, 1.82) is 0 Å². The Morgan fingerprint density at radius 3 is 2.45 bits per heavy atom. The molecule has 3 rings (SSSR count). The monoisotopic (exact) mass is 423 g/mol. The van der Waals surface area contributed by atoms with E-state index in [0.717, 1.165) is 16.0 Å². The molecular weight excluding hydrogens is 398 g/mol. The first-order valence-corrected chi connectivity index (χ1v) is 9.77. The SMILES string of the molecule is COc1ccc(OC)c(-c2ccc(=O)n(CC(=O)NCCOc3ccc(C)cc3)n2)c1. The van der Waals surface area contributed by atoms with Gasteiger partial charge in [0.15, 0.2) is 0 Å². The molecule has 0 bridgehead atoms. The second kappa shape index (κ2) is 10.3. The predicted molar refractivity (Wildman–Crippen MR) is 117 cm³/mol. The highest BCUT2D eigenvalue weighted by Gasteiger charge is 2.12. The van der Waals surface area contributed by atoms with E-state index in [0.29, 0.717) is 35.9 Å². The number of nitrogens with one attached hydrogen (secondary N) is 1. The zero-order chi connectivity index (χ0) is 22.2. The van der Waals surface area contributed by atoms with Gasteiger partial charge in [0.05, 0.1) is 26.5 Å². The second-order valence-corrected chi connectivity index (χ2v) is 6.79. The number of benzene rings is 2. The molecule has 0 aliphatic carbocycles. The van der Waals surface area contributed by atoms with Gasteiger partial charge in [-0.25, -0.2) is 4.68 Å². The van der Waals surface area contributed by atoms with Gasteiger partial charge in [-0.15, -0.1) is 0 Å². The van der Waals surface area contributed by atoms with Crippen molar-refractivity contribution in [2.75, 3.05) is 27.4 Å². The van der Waals surface area contributed by atoms with Crippen LogP contribution in [-0.4, -0.2) is 43.1 Å². The largest absolute Gasteiger partial charge is 0.497 e. The lowest BCUT2D eigenvalue weighted by molar-refractivity contribution is -0.122. The topological polar surface area (TPSA) is 91.7 Å². The van der Waals surface area contributed by atoms with Crippen LogP contribution < -0.4 is 25.1 Å². The molecule has 8 nitrogen and oxygen atoms in total. The van der Waals surface area contributed by atoms with E-state index in [9.17, 15) is 9.59 Å². The van der Waals surface area contributed by atoms with Crippen molar-refractivity contribution in [3.63, 3.8) is 0 Å². The molecule has 1 amide bonds. The van der Waals surface area contributed by atoms with E-state index in [1.165, 1.54) is 6.07 Å². The predicted octanol–water partition coefficient (Wildman–Crippen LogP) is 2.43. The molecule has 31 heavy (non-hydrogen) atoms. The van der Waals surface area contributed by atoms with Crippen molar-refractivity contribution in [2.24, 2.45) is 0 Å². The molecular formula is C23H25N3O5. The van der Waals surface area contributed by atoms with Crippen LogP contribution in [0.1, 0.15) is 5.56 Å². The van der Waals surface area contributed by atoms with Gasteiger partial charge in [-0.2, -0.15) is 5.10 Å². The average molecular weight is 423 g/mol. The number of carbonyl (C=O) groups excluding carboxylic acids is 1. The van der Waals surface area contributed by atoms with E-state index < -0.39 is 0 Å². The van der Waals surface area contributed by atoms with Gasteiger partial charge in [-0.1, -0.05) is 17.7 Å². The van der Waals surface area contributed by atoms with Gasteiger partial charge in [0.1, 0.15) is 30.4 Å². The van der Waals surface area contributed by atoms with Crippen LogP contribution in [0, 0.1) is 6.92 Å². The van der Waals surface area contributed by atoms with Crippen molar-refractivity contribution in [3.8, 4) is 28.5 Å². The van der Waals surface area contributed by atoms with Crippen molar-refractivity contribution in [1.82, 2.24) is 15.1 Å². The number of nitrogens with zero attached hydrogens (tertiary/aromatic N) is 2. The van der Waals surface area contributed by atoms with Crippen LogP contribution in [0.4, 0.5) is 0 Å². The molecule has 0 aliphatic rings. The summed E-state index contributed by atoms with van der Waals surface area (Å²) in [5.41, 5.74) is 1.91. The molecule has 162 valence electrons. The van der Waals surface area contributed by atoms with Crippen LogP contribution in [0.25, 0.3) is 11.3 Å². The van der Waals surface area contributed by atoms with Crippen LogP contribution in [0.3, 0.4) is 0 Å². The highest BCUT2D eigenvalue weighted by Crippen LogP contribution is 2.31. The highest BCUT2D eigenvalue weighted by molar-refractivity contribution is 5.75. The van der Waals surface area contributed by atoms with Crippen molar-refractivity contribution in [2.45, 2.75) is 13.5 Å². The van der Waals surface area contributed by atoms with Gasteiger partial charge in [-0.3, -0.25) is 9.59 Å². The lowest BCUT2D eigenvalue weighted by atomic mass is 10.1. The molecule has 0 fully saturated rings. The number of ether oxygens (including phenoxy) is 3. The smallest absolute Gasteiger partial charge is 0.267 e. The molecule has 0 aliphatic heterocycles. The molecule has 0 unspecified atom stereocenters. The quantitative estimate of drug-likeness (QED) is 0.532. The summed E-state index contributed by atoms with van der Waals surface area (Å²) in [6.45, 7) is 2.42. The molecule has 0 saturated carbocycles. The lowest BCUT2D eigenvalue weighted by Gasteiger charge is -2.12. The zero-order valence-corrected chi connectivity index (χ0v) is 17.8. The number of amides is 1. The van der Waals surface area contributed by atoms with Crippen LogP contribution in [-0.2, 0) is 11.3 Å². The molecule has 8 heteroatoms. The molecule has 0 atom stereocenters. The van der Waals surface area contributed by atoms with Gasteiger partial charge < -0.3 is 19.5 Å². The summed E-state index contributed by atoms with van der Waals surface area (Å²) in [7, 11) is 3.11. The first kappa shape index (κ1) is 21.9. The second-order valence-electron chi connectivity index (χ2n) is 6.79. The minimum Gasteiger partial charge on any atom is -0.497 e. The van der Waals surface area contributed by atoms with Crippen LogP contribution in [0.15, 0.2) is 59.4 Å². The Bertz CT molecular complexity index is 1090. The maximum Gasteiger partial charge on any atom is 0.267 e. The maximum atomic E-state index is 12.3. The van der Waals surface area contributed by atoms with Gasteiger partial charge in [0, 0.05) is 11.6 Å². The fourth-order valence-electron chi connectivity index (χ4n) is 2.91. The maximum absolute atomic E-state index is 12.3. The van der Waals surface area contributed by atoms with E-state index in [1.54, 1.807) is 38.5 Å². The number of hydrogen-bond acceptors (Lipinski definition) is 6. The minimum atomic E-state index is -0.378. The molecule has 3 aromatic rings. The molecule has 0 spiro atoms. The van der Waals surface area contributed by atoms with E-state index in [1.807, 2.05) is 31.2 Å².